The highest BCUT2D eigenvalue weighted by atomic mass is 32.2. The van der Waals surface area contributed by atoms with Gasteiger partial charge in [-0.15, -0.1) is 11.3 Å². The van der Waals surface area contributed by atoms with Crippen molar-refractivity contribution < 1.29 is 9.53 Å². The van der Waals surface area contributed by atoms with Gasteiger partial charge in [0.05, 0.1) is 29.0 Å². The molecular weight excluding hydrogens is 394 g/mol. The molecule has 0 fully saturated rings. The average Bonchev–Trinajstić information content (AvgIpc) is 3.04. The molecule has 3 aromatic rings. The quantitative estimate of drug-likeness (QED) is 0.510. The van der Waals surface area contributed by atoms with Crippen molar-refractivity contribution in [3.8, 4) is 5.69 Å². The summed E-state index contributed by atoms with van der Waals surface area (Å²) in [5.74, 6) is -0.385. The van der Waals surface area contributed by atoms with E-state index in [2.05, 4.69) is 13.8 Å². The Morgan fingerprint density at radius 1 is 1.39 bits per heavy atom. The first kappa shape index (κ1) is 19.2. The van der Waals surface area contributed by atoms with Gasteiger partial charge in [-0.1, -0.05) is 36.9 Å². The first-order chi connectivity index (χ1) is 13.4. The molecule has 1 unspecified atom stereocenters. The van der Waals surface area contributed by atoms with Gasteiger partial charge in [-0.05, 0) is 31.0 Å². The smallest absolute Gasteiger partial charge is 0.267 e. The highest BCUT2D eigenvalue weighted by molar-refractivity contribution is 7.99. The fourth-order valence-corrected chi connectivity index (χ4v) is 5.26. The number of fused-ring (bicyclic) bond motifs is 3. The van der Waals surface area contributed by atoms with E-state index in [0.717, 1.165) is 22.5 Å². The maximum Gasteiger partial charge on any atom is 0.267 e. The Morgan fingerprint density at radius 3 is 2.82 bits per heavy atom. The van der Waals surface area contributed by atoms with E-state index in [1.54, 1.807) is 4.57 Å². The van der Waals surface area contributed by atoms with Crippen LogP contribution in [0.25, 0.3) is 15.9 Å². The Balaban J connectivity index is 1.95. The molecule has 8 heteroatoms. The van der Waals surface area contributed by atoms with Crippen LogP contribution in [0.2, 0.25) is 0 Å². The first-order valence-electron chi connectivity index (χ1n) is 9.09. The number of aromatic nitrogens is 2. The molecular formula is C20H21N3O3S2. The topological polar surface area (TPSA) is 87.2 Å². The molecule has 6 nitrogen and oxygen atoms in total. The predicted octanol–water partition coefficient (Wildman–Crippen LogP) is 3.27. The second-order valence-electron chi connectivity index (χ2n) is 7.08. The van der Waals surface area contributed by atoms with Gasteiger partial charge in [0.15, 0.2) is 5.16 Å². The molecule has 146 valence electrons. The van der Waals surface area contributed by atoms with E-state index in [9.17, 15) is 9.59 Å². The fourth-order valence-electron chi connectivity index (χ4n) is 3.37. The number of thiophene rings is 1. The number of rotatable bonds is 5. The largest absolute Gasteiger partial charge is 0.369 e. The lowest BCUT2D eigenvalue weighted by Crippen LogP contribution is -2.34. The molecule has 0 saturated heterocycles. The normalized spacial score (nSPS) is 18.9. The second kappa shape index (κ2) is 7.35. The minimum absolute atomic E-state index is 0.0624. The molecule has 1 aromatic carbocycles. The van der Waals surface area contributed by atoms with Crippen LogP contribution < -0.4 is 11.3 Å². The number of carbonyl (C=O) groups is 1. The summed E-state index contributed by atoms with van der Waals surface area (Å²) >= 11 is 2.68. The maximum absolute atomic E-state index is 13.6. The summed E-state index contributed by atoms with van der Waals surface area (Å²) in [6.45, 7) is 4.67. The van der Waals surface area contributed by atoms with E-state index < -0.39 is 5.91 Å². The number of hydrogen-bond acceptors (Lipinski definition) is 6. The Bertz CT molecular complexity index is 1110. The van der Waals surface area contributed by atoms with Crippen LogP contribution in [0.4, 0.5) is 0 Å². The van der Waals surface area contributed by atoms with Crippen molar-refractivity contribution in [3.63, 3.8) is 0 Å². The Labute approximate surface area is 170 Å². The van der Waals surface area contributed by atoms with Crippen LogP contribution in [0.15, 0.2) is 40.3 Å². The molecule has 4 rings (SSSR count). The van der Waals surface area contributed by atoms with Gasteiger partial charge in [-0.2, -0.15) is 0 Å². The van der Waals surface area contributed by atoms with Gasteiger partial charge in [-0.3, -0.25) is 14.2 Å². The highest BCUT2D eigenvalue weighted by Crippen LogP contribution is 2.39. The van der Waals surface area contributed by atoms with Crippen molar-refractivity contribution in [3.05, 3.63) is 51.1 Å². The van der Waals surface area contributed by atoms with Gasteiger partial charge in [0.1, 0.15) is 4.83 Å². The molecule has 28 heavy (non-hydrogen) atoms. The van der Waals surface area contributed by atoms with Crippen LogP contribution in [0.3, 0.4) is 0 Å². The molecule has 0 aliphatic carbocycles. The number of hydrogen-bond donors (Lipinski definition) is 1. The standard InChI is InChI=1S/C20H21N3O3S2/c1-3-20(2)9-13-14(10-26-20)28-17-16(13)18(25)23(12-7-5-4-6-8-12)19(22-17)27-11-15(21)24/h4-8H,3,9-11H2,1-2H3,(H2,21,24). The third-order valence-corrected chi connectivity index (χ3v) is 7.15. The van der Waals surface area contributed by atoms with Gasteiger partial charge in [0.25, 0.3) is 5.56 Å². The summed E-state index contributed by atoms with van der Waals surface area (Å²) < 4.78 is 7.63. The first-order valence-corrected chi connectivity index (χ1v) is 10.9. The van der Waals surface area contributed by atoms with Crippen LogP contribution in [-0.4, -0.2) is 26.8 Å². The summed E-state index contributed by atoms with van der Waals surface area (Å²) in [5, 5.41) is 1.13. The van der Waals surface area contributed by atoms with Gasteiger partial charge < -0.3 is 10.5 Å². The molecule has 0 bridgehead atoms. The molecule has 1 atom stereocenters. The SMILES string of the molecule is CCC1(C)Cc2c(sc3nc(SCC(N)=O)n(-c4ccccc4)c(=O)c23)CO1. The lowest BCUT2D eigenvalue weighted by molar-refractivity contribution is -0.115. The third-order valence-electron chi connectivity index (χ3n) is 5.09. The van der Waals surface area contributed by atoms with Crippen molar-refractivity contribution >= 4 is 39.2 Å². The monoisotopic (exact) mass is 415 g/mol. The number of carbonyl (C=O) groups excluding carboxylic acids is 1. The summed E-state index contributed by atoms with van der Waals surface area (Å²) in [5.41, 5.74) is 6.70. The average molecular weight is 416 g/mol. The Hall–Kier alpha value is -2.16. The molecule has 3 heterocycles. The number of para-hydroxylation sites is 1. The zero-order valence-electron chi connectivity index (χ0n) is 15.7. The van der Waals surface area contributed by atoms with E-state index in [1.165, 1.54) is 23.1 Å². The summed E-state index contributed by atoms with van der Waals surface area (Å²) in [6, 6.07) is 9.37. The third kappa shape index (κ3) is 3.36. The summed E-state index contributed by atoms with van der Waals surface area (Å²) in [4.78, 5) is 31.4. The molecule has 2 aromatic heterocycles. The molecule has 0 saturated carbocycles. The number of thioether (sulfide) groups is 1. The molecule has 0 radical (unpaired) electrons. The van der Waals surface area contributed by atoms with Gasteiger partial charge in [0, 0.05) is 11.3 Å². The van der Waals surface area contributed by atoms with E-state index in [0.29, 0.717) is 28.4 Å². The van der Waals surface area contributed by atoms with Gasteiger partial charge >= 0.3 is 0 Å². The second-order valence-corrected chi connectivity index (χ2v) is 9.10. The zero-order chi connectivity index (χ0) is 19.9. The van der Waals surface area contributed by atoms with Crippen molar-refractivity contribution in [1.29, 1.82) is 0 Å². The number of nitrogens with zero attached hydrogens (tertiary/aromatic N) is 2. The highest BCUT2D eigenvalue weighted by Gasteiger charge is 2.33. The minimum atomic E-state index is -0.448. The van der Waals surface area contributed by atoms with Crippen LogP contribution >= 0.6 is 23.1 Å². The lowest BCUT2D eigenvalue weighted by Gasteiger charge is -2.32. The van der Waals surface area contributed by atoms with E-state index in [-0.39, 0.29) is 16.9 Å². The van der Waals surface area contributed by atoms with Crippen LogP contribution in [0.5, 0.6) is 0 Å². The van der Waals surface area contributed by atoms with E-state index in [4.69, 9.17) is 15.5 Å². The molecule has 1 aliphatic heterocycles. The fraction of sp³-hybridized carbons (Fsp3) is 0.350. The summed E-state index contributed by atoms with van der Waals surface area (Å²) in [6.07, 6.45) is 1.56. The molecule has 1 amide bonds. The van der Waals surface area contributed by atoms with E-state index in [1.807, 2.05) is 30.3 Å². The van der Waals surface area contributed by atoms with E-state index >= 15 is 0 Å². The number of nitrogens with two attached hydrogens (primary N) is 1. The van der Waals surface area contributed by atoms with Gasteiger partial charge in [0.2, 0.25) is 5.91 Å². The van der Waals surface area contributed by atoms with Crippen LogP contribution in [-0.2, 0) is 22.6 Å². The number of amides is 1. The zero-order valence-corrected chi connectivity index (χ0v) is 17.4. The number of benzene rings is 1. The maximum atomic E-state index is 13.6. The van der Waals surface area contributed by atoms with Crippen molar-refractivity contribution in [1.82, 2.24) is 9.55 Å². The van der Waals surface area contributed by atoms with Crippen molar-refractivity contribution in [2.75, 3.05) is 5.75 Å². The van der Waals surface area contributed by atoms with Gasteiger partial charge in [-0.25, -0.2) is 4.98 Å². The van der Waals surface area contributed by atoms with Crippen LogP contribution in [0, 0.1) is 0 Å². The lowest BCUT2D eigenvalue weighted by atomic mass is 9.90. The Morgan fingerprint density at radius 2 is 2.14 bits per heavy atom. The minimum Gasteiger partial charge on any atom is -0.369 e. The predicted molar refractivity (Wildman–Crippen MR) is 112 cm³/mol. The number of primary amides is 1. The molecule has 1 aliphatic rings. The summed E-state index contributed by atoms with van der Waals surface area (Å²) in [7, 11) is 0. The van der Waals surface area contributed by atoms with Crippen molar-refractivity contribution in [2.24, 2.45) is 5.73 Å². The molecule has 2 N–H and O–H groups in total. The van der Waals surface area contributed by atoms with Crippen LogP contribution in [0.1, 0.15) is 30.7 Å². The van der Waals surface area contributed by atoms with Crippen molar-refractivity contribution in [2.45, 2.75) is 44.1 Å². The number of ether oxygens (including phenoxy) is 1. The molecule has 0 spiro atoms. The Kier molecular flexibility index (Phi) is 5.03.